The fourth-order valence-electron chi connectivity index (χ4n) is 4.30. The maximum absolute atomic E-state index is 13.6. The van der Waals surface area contributed by atoms with Gasteiger partial charge in [-0.25, -0.2) is 12.8 Å². The number of amidine groups is 1. The summed E-state index contributed by atoms with van der Waals surface area (Å²) in [5, 5.41) is 13.6. The van der Waals surface area contributed by atoms with Crippen LogP contribution in [0, 0.1) is 11.2 Å². The molecule has 0 saturated heterocycles. The quantitative estimate of drug-likeness (QED) is 0.488. The van der Waals surface area contributed by atoms with Gasteiger partial charge in [0.15, 0.2) is 15.7 Å². The third-order valence-corrected chi connectivity index (χ3v) is 8.76. The lowest BCUT2D eigenvalue weighted by Gasteiger charge is -2.35. The molecule has 1 unspecified atom stereocenters. The first-order valence-electron chi connectivity index (χ1n) is 10.7. The van der Waals surface area contributed by atoms with Crippen LogP contribution in [-0.2, 0) is 25.7 Å². The molecule has 2 aromatic carbocycles. The summed E-state index contributed by atoms with van der Waals surface area (Å²) in [7, 11) is -8.16. The van der Waals surface area contributed by atoms with E-state index in [1.54, 1.807) is 0 Å². The molecule has 0 saturated carbocycles. The molecule has 0 aromatic heterocycles. The zero-order chi connectivity index (χ0) is 26.8. The van der Waals surface area contributed by atoms with E-state index in [1.165, 1.54) is 35.2 Å². The summed E-state index contributed by atoms with van der Waals surface area (Å²) in [4.78, 5) is 25.4. The molecule has 0 spiro atoms. The van der Waals surface area contributed by atoms with Gasteiger partial charge in [-0.2, -0.15) is 4.76 Å². The van der Waals surface area contributed by atoms with Gasteiger partial charge in [-0.3, -0.25) is 9.36 Å². The molecule has 13 heteroatoms. The van der Waals surface area contributed by atoms with Crippen LogP contribution in [0.25, 0.3) is 0 Å². The average molecular weight is 556 g/mol. The topological polar surface area (TPSA) is 136 Å². The highest BCUT2D eigenvalue weighted by molar-refractivity contribution is 7.90. The van der Waals surface area contributed by atoms with E-state index >= 15 is 0 Å². The molecule has 2 aliphatic rings. The third-order valence-electron chi connectivity index (χ3n) is 5.90. The van der Waals surface area contributed by atoms with Gasteiger partial charge in [-0.15, -0.1) is 0 Å². The summed E-state index contributed by atoms with van der Waals surface area (Å²) in [5.41, 5.74) is -0.341. The van der Waals surface area contributed by atoms with E-state index in [2.05, 4.69) is 10.1 Å². The highest BCUT2D eigenvalue weighted by Crippen LogP contribution is 2.48. The van der Waals surface area contributed by atoms with Gasteiger partial charge >= 0.3 is 7.52 Å². The van der Waals surface area contributed by atoms with Crippen molar-refractivity contribution in [1.29, 1.82) is 0 Å². The van der Waals surface area contributed by atoms with Gasteiger partial charge in [-0.1, -0.05) is 38.4 Å². The lowest BCUT2D eigenvalue weighted by molar-refractivity contribution is -0.129. The highest BCUT2D eigenvalue weighted by atomic mass is 35.5. The molecule has 1 amide bonds. The van der Waals surface area contributed by atoms with Crippen molar-refractivity contribution in [1.82, 2.24) is 4.90 Å². The molecule has 2 aliphatic heterocycles. The maximum atomic E-state index is 13.6. The number of nitrogens with zero attached hydrogens (tertiary/aromatic N) is 2. The predicted octanol–water partition coefficient (Wildman–Crippen LogP) is 3.79. The second-order valence-corrected chi connectivity index (χ2v) is 14.0. The Morgan fingerprint density at radius 3 is 2.47 bits per heavy atom. The number of aliphatic hydroxyl groups is 1. The minimum atomic E-state index is -4.51. The number of nitrogens with one attached hydrogen (secondary N) is 1. The standard InChI is InChI=1S/C23H24ClFN3O6PS/c1-23(2,3)20-19(29)18(22(30)28(20)11-12-5-7-15(25)14(24)9-12)21-26-16-8-6-13(36(4,33)34)10-17(16)35(31,32)27-21/h5-10,20,29H,11H2,1-4H3,(H2,26,27,31,32)/t20-/m1/s1. The van der Waals surface area contributed by atoms with Crippen LogP contribution in [0.3, 0.4) is 0 Å². The molecular weight excluding hydrogens is 532 g/mol. The number of rotatable bonds is 4. The van der Waals surface area contributed by atoms with E-state index in [-0.39, 0.29) is 44.6 Å². The maximum Gasteiger partial charge on any atom is 0.346 e. The van der Waals surface area contributed by atoms with Crippen molar-refractivity contribution >= 4 is 51.7 Å². The minimum Gasteiger partial charge on any atom is -0.509 e. The summed E-state index contributed by atoms with van der Waals surface area (Å²) in [5.74, 6) is -1.92. The van der Waals surface area contributed by atoms with Gasteiger partial charge in [0.2, 0.25) is 0 Å². The molecule has 192 valence electrons. The molecule has 4 rings (SSSR count). The molecule has 0 radical (unpaired) electrons. The van der Waals surface area contributed by atoms with E-state index in [1.807, 2.05) is 20.8 Å². The summed E-state index contributed by atoms with van der Waals surface area (Å²) < 4.78 is 54.4. The summed E-state index contributed by atoms with van der Waals surface area (Å²) in [6.45, 7) is 5.41. The lowest BCUT2D eigenvalue weighted by Crippen LogP contribution is -2.43. The molecule has 36 heavy (non-hydrogen) atoms. The molecule has 3 N–H and O–H groups in total. The Balaban J connectivity index is 1.77. The fourth-order valence-corrected chi connectivity index (χ4v) is 6.51. The second-order valence-electron chi connectivity index (χ2n) is 9.78. The van der Waals surface area contributed by atoms with E-state index in [0.29, 0.717) is 5.56 Å². The van der Waals surface area contributed by atoms with E-state index in [0.717, 1.165) is 12.3 Å². The largest absolute Gasteiger partial charge is 0.509 e. The van der Waals surface area contributed by atoms with Crippen molar-refractivity contribution in [2.24, 2.45) is 10.2 Å². The van der Waals surface area contributed by atoms with Crippen molar-refractivity contribution in [3.8, 4) is 0 Å². The second kappa shape index (κ2) is 8.69. The summed E-state index contributed by atoms with van der Waals surface area (Å²) in [6.07, 6.45) is 0.970. The number of halogens is 2. The Morgan fingerprint density at radius 2 is 1.89 bits per heavy atom. The molecule has 2 heterocycles. The molecular formula is C23H24ClFN3O6PS. The van der Waals surface area contributed by atoms with Crippen molar-refractivity contribution < 1.29 is 32.2 Å². The van der Waals surface area contributed by atoms with Gasteiger partial charge in [0.05, 0.1) is 27.0 Å². The van der Waals surface area contributed by atoms with Crippen molar-refractivity contribution in [3.05, 3.63) is 64.1 Å². The van der Waals surface area contributed by atoms with Crippen LogP contribution in [0.5, 0.6) is 0 Å². The van der Waals surface area contributed by atoms with Gasteiger partial charge in [0.1, 0.15) is 17.1 Å². The Morgan fingerprint density at radius 1 is 1.22 bits per heavy atom. The van der Waals surface area contributed by atoms with E-state index in [4.69, 9.17) is 11.6 Å². The first-order valence-corrected chi connectivity index (χ1v) is 14.6. The molecule has 0 fully saturated rings. The number of hydrogen-bond donors (Lipinski definition) is 3. The fraction of sp³-hybridized carbons (Fsp3) is 0.304. The van der Waals surface area contributed by atoms with Crippen LogP contribution in [0.2, 0.25) is 5.02 Å². The monoisotopic (exact) mass is 555 g/mol. The molecule has 2 aromatic rings. The van der Waals surface area contributed by atoms with E-state index in [9.17, 15) is 32.2 Å². The number of aliphatic hydroxyl groups excluding tert-OH is 1. The number of carbonyl (C=O) groups is 1. The third kappa shape index (κ3) is 4.68. The lowest BCUT2D eigenvalue weighted by atomic mass is 9.85. The molecule has 2 atom stereocenters. The zero-order valence-electron chi connectivity index (χ0n) is 19.8. The number of hydrogen-bond acceptors (Lipinski definition) is 6. The van der Waals surface area contributed by atoms with Gasteiger partial charge < -0.3 is 20.2 Å². The molecule has 0 bridgehead atoms. The van der Waals surface area contributed by atoms with Crippen LogP contribution in [0.1, 0.15) is 26.3 Å². The van der Waals surface area contributed by atoms with Gasteiger partial charge in [0.25, 0.3) is 5.91 Å². The van der Waals surface area contributed by atoms with Gasteiger partial charge in [0, 0.05) is 12.8 Å². The minimum absolute atomic E-state index is 0.0211. The molecule has 0 aliphatic carbocycles. The first kappa shape index (κ1) is 26.3. The van der Waals surface area contributed by atoms with Crippen molar-refractivity contribution in [2.75, 3.05) is 11.6 Å². The van der Waals surface area contributed by atoms with Crippen LogP contribution in [0.4, 0.5) is 10.1 Å². The number of anilines is 1. The SMILES string of the molecule is CC(C)(C)[C@H]1C(O)=C(C2=NP(=O)(O)c3cc(S(C)(=O)=O)ccc3N2)C(=O)N1Cc1ccc(F)c(Cl)c1. The summed E-state index contributed by atoms with van der Waals surface area (Å²) >= 11 is 5.90. The predicted molar refractivity (Wildman–Crippen MR) is 135 cm³/mol. The Kier molecular flexibility index (Phi) is 6.36. The number of sulfone groups is 1. The first-order chi connectivity index (χ1) is 16.5. The molecule has 9 nitrogen and oxygen atoms in total. The van der Waals surface area contributed by atoms with Crippen LogP contribution in [-0.4, -0.2) is 47.4 Å². The Bertz CT molecular complexity index is 1520. The van der Waals surface area contributed by atoms with Crippen LogP contribution in [0.15, 0.2) is 57.4 Å². The number of fused-ring (bicyclic) bond motifs is 1. The number of amides is 1. The number of carbonyl (C=O) groups excluding carboxylic acids is 1. The van der Waals surface area contributed by atoms with Gasteiger partial charge in [-0.05, 0) is 41.3 Å². The van der Waals surface area contributed by atoms with Crippen molar-refractivity contribution in [2.45, 2.75) is 38.3 Å². The highest BCUT2D eigenvalue weighted by Gasteiger charge is 2.48. The van der Waals surface area contributed by atoms with Crippen LogP contribution < -0.4 is 10.6 Å². The Labute approximate surface area is 212 Å². The zero-order valence-corrected chi connectivity index (χ0v) is 22.2. The van der Waals surface area contributed by atoms with Crippen molar-refractivity contribution in [3.63, 3.8) is 0 Å². The normalized spacial score (nSPS) is 22.4. The Hall–Kier alpha value is -2.72. The van der Waals surface area contributed by atoms with E-state index < -0.39 is 40.5 Å². The summed E-state index contributed by atoms with van der Waals surface area (Å²) in [6, 6.07) is 6.82. The average Bonchev–Trinajstić information content (AvgIpc) is 2.98. The smallest absolute Gasteiger partial charge is 0.346 e. The number of benzene rings is 2. The van der Waals surface area contributed by atoms with Crippen LogP contribution >= 0.6 is 19.1 Å².